The van der Waals surface area contributed by atoms with Crippen LogP contribution in [0.15, 0.2) is 42.7 Å². The molecule has 1 aliphatic heterocycles. The van der Waals surface area contributed by atoms with Crippen LogP contribution in [-0.4, -0.2) is 39.9 Å². The molecule has 1 aromatic heterocycles. The van der Waals surface area contributed by atoms with Crippen molar-refractivity contribution in [3.63, 3.8) is 0 Å². The van der Waals surface area contributed by atoms with Crippen molar-refractivity contribution in [1.29, 1.82) is 0 Å². The number of carbonyl (C=O) groups excluding carboxylic acids is 1. The maximum atomic E-state index is 12.9. The first-order valence-corrected chi connectivity index (χ1v) is 9.07. The Hall–Kier alpha value is -2.43. The molecule has 0 N–H and O–H groups in total. The van der Waals surface area contributed by atoms with E-state index in [2.05, 4.69) is 14.9 Å². The Morgan fingerprint density at radius 2 is 1.80 bits per heavy atom. The first kappa shape index (κ1) is 17.4. The highest BCUT2D eigenvalue weighted by atomic mass is 16.2. The molecule has 2 heterocycles. The van der Waals surface area contributed by atoms with Gasteiger partial charge in [0.15, 0.2) is 0 Å². The van der Waals surface area contributed by atoms with E-state index in [0.717, 1.165) is 24.5 Å². The van der Waals surface area contributed by atoms with Gasteiger partial charge >= 0.3 is 0 Å². The molecule has 3 rings (SSSR count). The van der Waals surface area contributed by atoms with E-state index >= 15 is 0 Å². The van der Waals surface area contributed by atoms with Gasteiger partial charge in [-0.15, -0.1) is 0 Å². The normalized spacial score (nSPS) is 14.6. The number of carbonyl (C=O) groups is 1. The number of rotatable bonds is 5. The highest BCUT2D eigenvalue weighted by molar-refractivity contribution is 5.92. The lowest BCUT2D eigenvalue weighted by atomic mass is 10.1. The van der Waals surface area contributed by atoms with Crippen molar-refractivity contribution >= 4 is 11.7 Å². The summed E-state index contributed by atoms with van der Waals surface area (Å²) in [6.07, 6.45) is 7.02. The van der Waals surface area contributed by atoms with Gasteiger partial charge in [-0.05, 0) is 38.7 Å². The Balaban J connectivity index is 1.73. The van der Waals surface area contributed by atoms with Crippen LogP contribution in [0.1, 0.15) is 49.2 Å². The summed E-state index contributed by atoms with van der Waals surface area (Å²) in [4.78, 5) is 25.9. The molecule has 1 saturated heterocycles. The summed E-state index contributed by atoms with van der Waals surface area (Å²) in [5.41, 5.74) is 1.52. The summed E-state index contributed by atoms with van der Waals surface area (Å²) in [5.74, 6) is 0.798. The van der Waals surface area contributed by atoms with Crippen LogP contribution in [0.5, 0.6) is 0 Å². The average Bonchev–Trinajstić information content (AvgIpc) is 2.67. The fraction of sp³-hybridized carbons (Fsp3) is 0.450. The van der Waals surface area contributed by atoms with E-state index in [1.54, 1.807) is 12.4 Å². The zero-order valence-corrected chi connectivity index (χ0v) is 15.1. The molecule has 132 valence electrons. The Morgan fingerprint density at radius 3 is 2.40 bits per heavy atom. The maximum absolute atomic E-state index is 12.9. The molecule has 2 aromatic rings. The van der Waals surface area contributed by atoms with Crippen LogP contribution in [0.4, 0.5) is 5.82 Å². The maximum Gasteiger partial charge on any atom is 0.274 e. The molecule has 5 nitrogen and oxygen atoms in total. The summed E-state index contributed by atoms with van der Waals surface area (Å²) < 4.78 is 0. The van der Waals surface area contributed by atoms with Crippen LogP contribution in [0, 0.1) is 0 Å². The van der Waals surface area contributed by atoms with Crippen molar-refractivity contribution in [1.82, 2.24) is 14.9 Å². The number of hydrogen-bond acceptors (Lipinski definition) is 4. The predicted molar refractivity (Wildman–Crippen MR) is 99.5 cm³/mol. The number of aromatic nitrogens is 2. The van der Waals surface area contributed by atoms with Crippen molar-refractivity contribution < 1.29 is 4.79 Å². The summed E-state index contributed by atoms with van der Waals surface area (Å²) in [5, 5.41) is 0. The van der Waals surface area contributed by atoms with Gasteiger partial charge in [-0.25, -0.2) is 9.97 Å². The van der Waals surface area contributed by atoms with Gasteiger partial charge in [0.25, 0.3) is 5.91 Å². The van der Waals surface area contributed by atoms with E-state index in [0.29, 0.717) is 12.2 Å². The highest BCUT2D eigenvalue weighted by Crippen LogP contribution is 2.17. The van der Waals surface area contributed by atoms with Gasteiger partial charge in [-0.1, -0.05) is 30.3 Å². The van der Waals surface area contributed by atoms with E-state index < -0.39 is 0 Å². The molecule has 0 aliphatic carbocycles. The molecule has 0 bridgehead atoms. The largest absolute Gasteiger partial charge is 0.355 e. The van der Waals surface area contributed by atoms with Crippen LogP contribution >= 0.6 is 0 Å². The first-order chi connectivity index (χ1) is 12.1. The molecular weight excluding hydrogens is 312 g/mol. The third-order valence-electron chi connectivity index (χ3n) is 4.62. The topological polar surface area (TPSA) is 49.3 Å². The molecule has 0 radical (unpaired) electrons. The van der Waals surface area contributed by atoms with Gasteiger partial charge in [0.1, 0.15) is 11.5 Å². The summed E-state index contributed by atoms with van der Waals surface area (Å²) in [6.45, 7) is 6.67. The van der Waals surface area contributed by atoms with Gasteiger partial charge in [-0.2, -0.15) is 0 Å². The van der Waals surface area contributed by atoms with E-state index in [4.69, 9.17) is 0 Å². The van der Waals surface area contributed by atoms with Crippen molar-refractivity contribution in [3.8, 4) is 0 Å². The number of hydrogen-bond donors (Lipinski definition) is 0. The van der Waals surface area contributed by atoms with Gasteiger partial charge in [0.05, 0.1) is 12.4 Å². The monoisotopic (exact) mass is 338 g/mol. The number of nitrogens with zero attached hydrogens (tertiary/aromatic N) is 4. The minimum atomic E-state index is -0.0726. The second-order valence-corrected chi connectivity index (χ2v) is 6.82. The van der Waals surface area contributed by atoms with Crippen LogP contribution in [0.3, 0.4) is 0 Å². The highest BCUT2D eigenvalue weighted by Gasteiger charge is 2.21. The Kier molecular flexibility index (Phi) is 5.64. The average molecular weight is 338 g/mol. The third kappa shape index (κ3) is 4.35. The predicted octanol–water partition coefficient (Wildman–Crippen LogP) is 3.52. The van der Waals surface area contributed by atoms with Crippen LogP contribution in [-0.2, 0) is 6.54 Å². The van der Waals surface area contributed by atoms with Gasteiger partial charge in [0, 0.05) is 25.7 Å². The SMILES string of the molecule is CC(C)N(Cc1ccccc1)C(=O)c1cnc(N2CCCCC2)cn1. The Bertz CT molecular complexity index is 679. The fourth-order valence-electron chi connectivity index (χ4n) is 3.13. The molecule has 1 aromatic carbocycles. The van der Waals surface area contributed by atoms with Crippen molar-refractivity contribution in [2.24, 2.45) is 0 Å². The van der Waals surface area contributed by atoms with Crippen molar-refractivity contribution in [2.45, 2.75) is 45.7 Å². The zero-order chi connectivity index (χ0) is 17.6. The second-order valence-electron chi connectivity index (χ2n) is 6.82. The minimum absolute atomic E-state index is 0.0726. The summed E-state index contributed by atoms with van der Waals surface area (Å²) in [7, 11) is 0. The molecule has 0 saturated carbocycles. The summed E-state index contributed by atoms with van der Waals surface area (Å²) >= 11 is 0. The van der Waals surface area contributed by atoms with Gasteiger partial charge in [0.2, 0.25) is 0 Å². The Morgan fingerprint density at radius 1 is 1.08 bits per heavy atom. The molecule has 1 amide bonds. The zero-order valence-electron chi connectivity index (χ0n) is 15.1. The molecule has 0 unspecified atom stereocenters. The number of anilines is 1. The molecule has 5 heteroatoms. The fourth-order valence-corrected chi connectivity index (χ4v) is 3.13. The Labute approximate surface area is 149 Å². The molecule has 0 spiro atoms. The quantitative estimate of drug-likeness (QED) is 0.837. The molecule has 25 heavy (non-hydrogen) atoms. The molecular formula is C20H26N4O. The van der Waals surface area contributed by atoms with Gasteiger partial charge < -0.3 is 9.80 Å². The second kappa shape index (κ2) is 8.10. The minimum Gasteiger partial charge on any atom is -0.355 e. The summed E-state index contributed by atoms with van der Waals surface area (Å²) in [6, 6.07) is 10.1. The van der Waals surface area contributed by atoms with Crippen molar-refractivity contribution in [2.75, 3.05) is 18.0 Å². The van der Waals surface area contributed by atoms with E-state index in [1.807, 2.05) is 49.1 Å². The smallest absolute Gasteiger partial charge is 0.274 e. The van der Waals surface area contributed by atoms with Crippen molar-refractivity contribution in [3.05, 3.63) is 54.0 Å². The molecule has 0 atom stereocenters. The molecule has 1 aliphatic rings. The lowest BCUT2D eigenvalue weighted by Crippen LogP contribution is -2.37. The number of benzene rings is 1. The van der Waals surface area contributed by atoms with Gasteiger partial charge in [-0.3, -0.25) is 4.79 Å². The lowest BCUT2D eigenvalue weighted by molar-refractivity contribution is 0.0684. The van der Waals surface area contributed by atoms with Crippen LogP contribution in [0.2, 0.25) is 0 Å². The van der Waals surface area contributed by atoms with E-state index in [1.165, 1.54) is 19.3 Å². The number of amides is 1. The first-order valence-electron chi connectivity index (χ1n) is 9.07. The van der Waals surface area contributed by atoms with E-state index in [9.17, 15) is 4.79 Å². The lowest BCUT2D eigenvalue weighted by Gasteiger charge is -2.28. The van der Waals surface area contributed by atoms with Crippen LogP contribution < -0.4 is 4.90 Å². The third-order valence-corrected chi connectivity index (χ3v) is 4.62. The molecule has 1 fully saturated rings. The van der Waals surface area contributed by atoms with Crippen LogP contribution in [0.25, 0.3) is 0 Å². The standard InChI is InChI=1S/C20H26N4O/c1-16(2)24(15-17-9-5-3-6-10-17)20(25)18-13-22-19(14-21-18)23-11-7-4-8-12-23/h3,5-6,9-10,13-14,16H,4,7-8,11-12,15H2,1-2H3. The van der Waals surface area contributed by atoms with E-state index in [-0.39, 0.29) is 11.9 Å². The number of piperidine rings is 1.